The molecule has 2 rings (SSSR count). The lowest BCUT2D eigenvalue weighted by Gasteiger charge is -2.06. The van der Waals surface area contributed by atoms with Gasteiger partial charge in [0.25, 0.3) is 0 Å². The van der Waals surface area contributed by atoms with E-state index in [1.165, 1.54) is 24.3 Å². The number of hydrogen-bond donors (Lipinski definition) is 1. The van der Waals surface area contributed by atoms with Crippen LogP contribution in [0.1, 0.15) is 33.6 Å². The van der Waals surface area contributed by atoms with Gasteiger partial charge in [0.1, 0.15) is 5.75 Å². The molecule has 0 fully saturated rings. The van der Waals surface area contributed by atoms with Crippen LogP contribution in [0.2, 0.25) is 0 Å². The zero-order chi connectivity index (χ0) is 16.5. The molecule has 0 atom stereocenters. The molecule has 0 saturated carbocycles. The maximum Gasteiger partial charge on any atom is 0.338 e. The molecule has 0 aliphatic heterocycles. The summed E-state index contributed by atoms with van der Waals surface area (Å²) in [6.45, 7) is 0.535. The van der Waals surface area contributed by atoms with Crippen LogP contribution < -0.4 is 0 Å². The quantitative estimate of drug-likeness (QED) is 0.627. The molecule has 0 aliphatic carbocycles. The number of hydrogen-bond acceptors (Lipinski definition) is 5. The van der Waals surface area contributed by atoms with Gasteiger partial charge in [-0.25, -0.2) is 9.59 Å². The number of aromatic hydroxyl groups is 1. The average Bonchev–Trinajstić information content (AvgIpc) is 2.59. The fourth-order valence-electron chi connectivity index (χ4n) is 1.87. The standard InChI is InChI=1S/C18H18O5/c19-16-10-8-15(9-11-16)18(21)23-13-5-4-12-22-17(20)14-6-2-1-3-7-14/h1-3,6-11,19H,4-5,12-13H2. The van der Waals surface area contributed by atoms with E-state index >= 15 is 0 Å². The number of rotatable bonds is 7. The molecule has 5 nitrogen and oxygen atoms in total. The SMILES string of the molecule is O=C(OCCCCOC(=O)c1ccc(O)cc1)c1ccccc1. The van der Waals surface area contributed by atoms with Gasteiger partial charge in [-0.1, -0.05) is 18.2 Å². The third kappa shape index (κ3) is 5.47. The molecule has 0 bridgehead atoms. The van der Waals surface area contributed by atoms with Crippen LogP contribution in [0.4, 0.5) is 0 Å². The number of carbonyl (C=O) groups is 2. The van der Waals surface area contributed by atoms with Gasteiger partial charge in [-0.3, -0.25) is 0 Å². The Kier molecular flexibility index (Phi) is 6.17. The fraction of sp³-hybridized carbons (Fsp3) is 0.222. The zero-order valence-corrected chi connectivity index (χ0v) is 12.6. The molecule has 5 heteroatoms. The molecule has 0 radical (unpaired) electrons. The van der Waals surface area contributed by atoms with Crippen LogP contribution in [-0.2, 0) is 9.47 Å². The Morgan fingerprint density at radius 2 is 1.22 bits per heavy atom. The predicted octanol–water partition coefficient (Wildman–Crippen LogP) is 3.19. The number of ether oxygens (including phenoxy) is 2. The van der Waals surface area contributed by atoms with Gasteiger partial charge in [0.15, 0.2) is 0 Å². The van der Waals surface area contributed by atoms with E-state index in [-0.39, 0.29) is 24.9 Å². The Bertz CT molecular complexity index is 634. The normalized spacial score (nSPS) is 10.1. The van der Waals surface area contributed by atoms with Gasteiger partial charge in [0, 0.05) is 0 Å². The number of esters is 2. The molecule has 2 aromatic rings. The highest BCUT2D eigenvalue weighted by Gasteiger charge is 2.07. The van der Waals surface area contributed by atoms with Gasteiger partial charge >= 0.3 is 11.9 Å². The summed E-state index contributed by atoms with van der Waals surface area (Å²) in [5.74, 6) is -0.695. The Balaban J connectivity index is 1.60. The lowest BCUT2D eigenvalue weighted by atomic mass is 10.2. The van der Waals surface area contributed by atoms with Crippen molar-refractivity contribution in [3.05, 3.63) is 65.7 Å². The van der Waals surface area contributed by atoms with Gasteiger partial charge in [0.05, 0.1) is 24.3 Å². The van der Waals surface area contributed by atoms with E-state index < -0.39 is 5.97 Å². The summed E-state index contributed by atoms with van der Waals surface area (Å²) in [4.78, 5) is 23.4. The molecule has 0 aromatic heterocycles. The Morgan fingerprint density at radius 1 is 0.739 bits per heavy atom. The maximum atomic E-state index is 11.7. The highest BCUT2D eigenvalue weighted by atomic mass is 16.5. The first-order valence-corrected chi connectivity index (χ1v) is 7.35. The molecule has 0 aliphatic rings. The van der Waals surface area contributed by atoms with Crippen LogP contribution >= 0.6 is 0 Å². The Morgan fingerprint density at radius 3 is 1.74 bits per heavy atom. The molecule has 2 aromatic carbocycles. The van der Waals surface area contributed by atoms with E-state index in [9.17, 15) is 9.59 Å². The summed E-state index contributed by atoms with van der Waals surface area (Å²) < 4.78 is 10.2. The summed E-state index contributed by atoms with van der Waals surface area (Å²) in [5.41, 5.74) is 0.907. The number of unbranched alkanes of at least 4 members (excludes halogenated alkanes) is 1. The molecule has 0 amide bonds. The second-order valence-corrected chi connectivity index (χ2v) is 4.89. The second-order valence-electron chi connectivity index (χ2n) is 4.89. The van der Waals surface area contributed by atoms with Crippen molar-refractivity contribution in [1.82, 2.24) is 0 Å². The van der Waals surface area contributed by atoms with E-state index in [0.29, 0.717) is 24.0 Å². The minimum atomic E-state index is -0.439. The zero-order valence-electron chi connectivity index (χ0n) is 12.6. The van der Waals surface area contributed by atoms with Crippen molar-refractivity contribution >= 4 is 11.9 Å². The summed E-state index contributed by atoms with van der Waals surface area (Å²) in [6.07, 6.45) is 1.22. The van der Waals surface area contributed by atoms with Crippen LogP contribution in [-0.4, -0.2) is 30.3 Å². The number of carbonyl (C=O) groups excluding carboxylic acids is 2. The average molecular weight is 314 g/mol. The summed E-state index contributed by atoms with van der Waals surface area (Å²) >= 11 is 0. The fourth-order valence-corrected chi connectivity index (χ4v) is 1.87. The number of phenols is 1. The molecule has 23 heavy (non-hydrogen) atoms. The first-order valence-electron chi connectivity index (χ1n) is 7.35. The van der Waals surface area contributed by atoms with Crippen molar-refractivity contribution in [1.29, 1.82) is 0 Å². The van der Waals surface area contributed by atoms with Gasteiger partial charge in [-0.2, -0.15) is 0 Å². The molecule has 1 N–H and O–H groups in total. The Labute approximate surface area is 134 Å². The topological polar surface area (TPSA) is 72.8 Å². The first-order chi connectivity index (χ1) is 11.2. The molecular formula is C18H18O5. The summed E-state index contributed by atoms with van der Waals surface area (Å²) in [7, 11) is 0. The van der Waals surface area contributed by atoms with Crippen LogP contribution in [0.5, 0.6) is 5.75 Å². The van der Waals surface area contributed by atoms with E-state index in [1.54, 1.807) is 24.3 Å². The predicted molar refractivity (Wildman–Crippen MR) is 84.3 cm³/mol. The highest BCUT2D eigenvalue weighted by Crippen LogP contribution is 2.10. The van der Waals surface area contributed by atoms with Crippen molar-refractivity contribution < 1.29 is 24.2 Å². The number of benzene rings is 2. The van der Waals surface area contributed by atoms with Crippen molar-refractivity contribution in [3.8, 4) is 5.75 Å². The monoisotopic (exact) mass is 314 g/mol. The lowest BCUT2D eigenvalue weighted by Crippen LogP contribution is -2.09. The minimum Gasteiger partial charge on any atom is -0.508 e. The van der Waals surface area contributed by atoms with E-state index in [4.69, 9.17) is 14.6 Å². The van der Waals surface area contributed by atoms with Gasteiger partial charge < -0.3 is 14.6 Å². The van der Waals surface area contributed by atoms with Gasteiger partial charge in [0.2, 0.25) is 0 Å². The van der Waals surface area contributed by atoms with E-state index in [2.05, 4.69) is 0 Å². The van der Waals surface area contributed by atoms with Crippen molar-refractivity contribution in [3.63, 3.8) is 0 Å². The first kappa shape index (κ1) is 16.5. The Hall–Kier alpha value is -2.82. The molecule has 120 valence electrons. The van der Waals surface area contributed by atoms with Crippen LogP contribution in [0.15, 0.2) is 54.6 Å². The maximum absolute atomic E-state index is 11.7. The van der Waals surface area contributed by atoms with Crippen molar-refractivity contribution in [2.24, 2.45) is 0 Å². The highest BCUT2D eigenvalue weighted by molar-refractivity contribution is 5.89. The molecule has 0 heterocycles. The lowest BCUT2D eigenvalue weighted by molar-refractivity contribution is 0.0432. The summed E-state index contributed by atoms with van der Waals surface area (Å²) in [5, 5.41) is 9.15. The van der Waals surface area contributed by atoms with Crippen LogP contribution in [0.25, 0.3) is 0 Å². The molecular weight excluding hydrogens is 296 g/mol. The minimum absolute atomic E-state index is 0.0989. The van der Waals surface area contributed by atoms with Crippen molar-refractivity contribution in [2.75, 3.05) is 13.2 Å². The molecule has 0 spiro atoms. The van der Waals surface area contributed by atoms with Gasteiger partial charge in [-0.05, 0) is 49.2 Å². The van der Waals surface area contributed by atoms with Crippen molar-refractivity contribution in [2.45, 2.75) is 12.8 Å². The summed E-state index contributed by atoms with van der Waals surface area (Å²) in [6, 6.07) is 14.6. The third-order valence-electron chi connectivity index (χ3n) is 3.12. The van der Waals surface area contributed by atoms with E-state index in [0.717, 1.165) is 0 Å². The molecule has 0 saturated heterocycles. The van der Waals surface area contributed by atoms with Crippen LogP contribution in [0, 0.1) is 0 Å². The van der Waals surface area contributed by atoms with E-state index in [1.807, 2.05) is 6.07 Å². The van der Waals surface area contributed by atoms with Crippen LogP contribution in [0.3, 0.4) is 0 Å². The largest absolute Gasteiger partial charge is 0.508 e. The number of phenolic OH excluding ortho intramolecular Hbond substituents is 1. The molecule has 0 unspecified atom stereocenters. The second kappa shape index (κ2) is 8.58. The smallest absolute Gasteiger partial charge is 0.338 e. The van der Waals surface area contributed by atoms with Gasteiger partial charge in [-0.15, -0.1) is 0 Å². The third-order valence-corrected chi connectivity index (χ3v) is 3.12.